The van der Waals surface area contributed by atoms with Crippen molar-refractivity contribution in [3.05, 3.63) is 66.2 Å². The van der Waals surface area contributed by atoms with E-state index in [-0.39, 0.29) is 0 Å². The van der Waals surface area contributed by atoms with Crippen LogP contribution >= 0.6 is 0 Å². The van der Waals surface area contributed by atoms with E-state index in [0.29, 0.717) is 30.3 Å². The van der Waals surface area contributed by atoms with Gasteiger partial charge in [0.1, 0.15) is 5.75 Å². The van der Waals surface area contributed by atoms with Gasteiger partial charge in [0.2, 0.25) is 0 Å². The average Bonchev–Trinajstić information content (AvgIpc) is 2.56. The molecule has 0 unspecified atom stereocenters. The van der Waals surface area contributed by atoms with Gasteiger partial charge in [0.15, 0.2) is 6.29 Å². The largest absolute Gasteiger partial charge is 0.493 e. The van der Waals surface area contributed by atoms with E-state index >= 15 is 0 Å². The van der Waals surface area contributed by atoms with Gasteiger partial charge in [-0.2, -0.15) is 0 Å². The molecule has 0 amide bonds. The van der Waals surface area contributed by atoms with Crippen molar-refractivity contribution in [3.8, 4) is 16.9 Å². The van der Waals surface area contributed by atoms with Gasteiger partial charge in [0.05, 0.1) is 12.2 Å². The number of aldehydes is 1. The molecule has 2 nitrogen and oxygen atoms in total. The maximum Gasteiger partial charge on any atom is 0.153 e. The van der Waals surface area contributed by atoms with Gasteiger partial charge in [-0.15, -0.1) is 6.58 Å². The molecule has 2 heteroatoms. The summed E-state index contributed by atoms with van der Waals surface area (Å²) in [7, 11) is 0. The number of rotatable bonds is 8. The molecule has 0 saturated carbocycles. The van der Waals surface area contributed by atoms with Crippen LogP contribution in [0.4, 0.5) is 0 Å². The average molecular weight is 308 g/mol. The van der Waals surface area contributed by atoms with Crippen molar-refractivity contribution in [1.29, 1.82) is 0 Å². The molecule has 0 N–H and O–H groups in total. The van der Waals surface area contributed by atoms with Gasteiger partial charge in [0.25, 0.3) is 0 Å². The smallest absolute Gasteiger partial charge is 0.153 e. The van der Waals surface area contributed by atoms with Crippen LogP contribution in [-0.4, -0.2) is 12.9 Å². The Kier molecular flexibility index (Phi) is 6.16. The highest BCUT2D eigenvalue weighted by atomic mass is 16.5. The van der Waals surface area contributed by atoms with E-state index in [2.05, 4.69) is 26.5 Å². The molecule has 0 radical (unpaired) electrons. The summed E-state index contributed by atoms with van der Waals surface area (Å²) in [5, 5.41) is 0. The lowest BCUT2D eigenvalue weighted by Gasteiger charge is -2.16. The summed E-state index contributed by atoms with van der Waals surface area (Å²) in [6.45, 7) is 8.76. The summed E-state index contributed by atoms with van der Waals surface area (Å²) in [6.07, 6.45) is 4.36. The lowest BCUT2D eigenvalue weighted by atomic mass is 9.97. The zero-order valence-electron chi connectivity index (χ0n) is 13.9. The molecular formula is C21H24O2. The zero-order chi connectivity index (χ0) is 16.7. The highest BCUT2D eigenvalue weighted by Crippen LogP contribution is 2.31. The monoisotopic (exact) mass is 308 g/mol. The third kappa shape index (κ3) is 4.56. The summed E-state index contributed by atoms with van der Waals surface area (Å²) in [5.74, 6) is 1.27. The summed E-state index contributed by atoms with van der Waals surface area (Å²) in [6, 6.07) is 14.1. The molecule has 2 aromatic carbocycles. The lowest BCUT2D eigenvalue weighted by Crippen LogP contribution is -2.06. The molecule has 0 heterocycles. The van der Waals surface area contributed by atoms with Gasteiger partial charge in [-0.1, -0.05) is 50.3 Å². The van der Waals surface area contributed by atoms with E-state index in [4.69, 9.17) is 4.74 Å². The standard InChI is InChI=1S/C21H24O2/c1-4-8-18-13-19(17-9-6-5-7-10-17)14-20(15-22)21(18)23-12-11-16(2)3/h4-7,9-10,13-16H,1,8,11-12H2,2-3H3. The van der Waals surface area contributed by atoms with Crippen LogP contribution in [0.15, 0.2) is 55.1 Å². The fourth-order valence-corrected chi connectivity index (χ4v) is 2.48. The van der Waals surface area contributed by atoms with E-state index in [1.54, 1.807) is 0 Å². The van der Waals surface area contributed by atoms with Gasteiger partial charge in [-0.25, -0.2) is 0 Å². The number of allylic oxidation sites excluding steroid dienone is 1. The normalized spacial score (nSPS) is 10.6. The Hall–Kier alpha value is -2.35. The van der Waals surface area contributed by atoms with Crippen molar-refractivity contribution in [3.63, 3.8) is 0 Å². The van der Waals surface area contributed by atoms with Crippen LogP contribution in [0.1, 0.15) is 36.2 Å². The van der Waals surface area contributed by atoms with Crippen molar-refractivity contribution in [2.24, 2.45) is 5.92 Å². The molecule has 0 aliphatic rings. The molecule has 2 aromatic rings. The lowest BCUT2D eigenvalue weighted by molar-refractivity contribution is 0.111. The minimum absolute atomic E-state index is 0.570. The van der Waals surface area contributed by atoms with Gasteiger partial charge in [0, 0.05) is 0 Å². The summed E-state index contributed by atoms with van der Waals surface area (Å²) in [4.78, 5) is 11.6. The zero-order valence-corrected chi connectivity index (χ0v) is 13.9. The van der Waals surface area contributed by atoms with Gasteiger partial charge >= 0.3 is 0 Å². The fraction of sp³-hybridized carbons (Fsp3) is 0.286. The maximum atomic E-state index is 11.6. The van der Waals surface area contributed by atoms with Crippen molar-refractivity contribution in [2.45, 2.75) is 26.7 Å². The Bertz CT molecular complexity index is 657. The number of hydrogen-bond acceptors (Lipinski definition) is 2. The van der Waals surface area contributed by atoms with Crippen LogP contribution in [0.3, 0.4) is 0 Å². The van der Waals surface area contributed by atoms with Crippen molar-refractivity contribution in [1.82, 2.24) is 0 Å². The molecule has 23 heavy (non-hydrogen) atoms. The first kappa shape index (κ1) is 17.0. The molecule has 0 aromatic heterocycles. The Labute approximate surface area is 138 Å². The summed E-state index contributed by atoms with van der Waals surface area (Å²) < 4.78 is 5.93. The summed E-state index contributed by atoms with van der Waals surface area (Å²) >= 11 is 0. The number of carbonyl (C=O) groups is 1. The Morgan fingerprint density at radius 1 is 1.13 bits per heavy atom. The molecule has 0 saturated heterocycles. The molecule has 0 spiro atoms. The molecular weight excluding hydrogens is 284 g/mol. The molecule has 0 atom stereocenters. The first-order valence-electron chi connectivity index (χ1n) is 8.07. The van der Waals surface area contributed by atoms with E-state index in [1.807, 2.05) is 42.5 Å². The minimum atomic E-state index is 0.570. The third-order valence-corrected chi connectivity index (χ3v) is 3.73. The van der Waals surface area contributed by atoms with Crippen LogP contribution in [0, 0.1) is 5.92 Å². The van der Waals surface area contributed by atoms with Crippen LogP contribution < -0.4 is 4.74 Å². The highest BCUT2D eigenvalue weighted by molar-refractivity contribution is 5.84. The number of benzene rings is 2. The summed E-state index contributed by atoms with van der Waals surface area (Å²) in [5.41, 5.74) is 3.73. The van der Waals surface area contributed by atoms with Crippen LogP contribution in [-0.2, 0) is 6.42 Å². The van der Waals surface area contributed by atoms with E-state index in [0.717, 1.165) is 29.4 Å². The fourth-order valence-electron chi connectivity index (χ4n) is 2.48. The molecule has 0 bridgehead atoms. The van der Waals surface area contributed by atoms with Crippen molar-refractivity contribution >= 4 is 6.29 Å². The SMILES string of the molecule is C=CCc1cc(-c2ccccc2)cc(C=O)c1OCCC(C)C. The molecule has 0 aliphatic heterocycles. The Balaban J connectivity index is 2.40. The molecule has 0 aliphatic carbocycles. The van der Waals surface area contributed by atoms with E-state index in [9.17, 15) is 4.79 Å². The van der Waals surface area contributed by atoms with Crippen LogP contribution in [0.2, 0.25) is 0 Å². The van der Waals surface area contributed by atoms with E-state index < -0.39 is 0 Å². The second kappa shape index (κ2) is 8.33. The number of hydrogen-bond donors (Lipinski definition) is 0. The first-order chi connectivity index (χ1) is 11.2. The Morgan fingerprint density at radius 3 is 2.48 bits per heavy atom. The highest BCUT2D eigenvalue weighted by Gasteiger charge is 2.13. The maximum absolute atomic E-state index is 11.6. The predicted octanol–water partition coefficient (Wildman–Crippen LogP) is 5.32. The second-order valence-corrected chi connectivity index (χ2v) is 6.06. The Morgan fingerprint density at radius 2 is 1.87 bits per heavy atom. The number of carbonyl (C=O) groups excluding carboxylic acids is 1. The molecule has 0 fully saturated rings. The third-order valence-electron chi connectivity index (χ3n) is 3.73. The van der Waals surface area contributed by atoms with Gasteiger partial charge in [-0.3, -0.25) is 4.79 Å². The minimum Gasteiger partial charge on any atom is -0.493 e. The van der Waals surface area contributed by atoms with Crippen molar-refractivity contribution in [2.75, 3.05) is 6.61 Å². The second-order valence-electron chi connectivity index (χ2n) is 6.06. The predicted molar refractivity (Wildman–Crippen MR) is 96.1 cm³/mol. The van der Waals surface area contributed by atoms with E-state index in [1.165, 1.54) is 0 Å². The topological polar surface area (TPSA) is 26.3 Å². The quantitative estimate of drug-likeness (QED) is 0.487. The van der Waals surface area contributed by atoms with Crippen molar-refractivity contribution < 1.29 is 9.53 Å². The van der Waals surface area contributed by atoms with Crippen LogP contribution in [0.5, 0.6) is 5.75 Å². The van der Waals surface area contributed by atoms with Crippen LogP contribution in [0.25, 0.3) is 11.1 Å². The van der Waals surface area contributed by atoms with Gasteiger partial charge < -0.3 is 4.74 Å². The first-order valence-corrected chi connectivity index (χ1v) is 8.07. The molecule has 120 valence electrons. The van der Waals surface area contributed by atoms with Gasteiger partial charge in [-0.05, 0) is 47.6 Å². The molecule has 2 rings (SSSR count). The number of ether oxygens (including phenoxy) is 1.